The first-order valence-corrected chi connectivity index (χ1v) is 5.73. The van der Waals surface area contributed by atoms with E-state index in [9.17, 15) is 9.18 Å². The van der Waals surface area contributed by atoms with Crippen LogP contribution in [0, 0.1) is 5.82 Å². The minimum absolute atomic E-state index is 0.0605. The molecule has 1 heterocycles. The lowest BCUT2D eigenvalue weighted by molar-refractivity contribution is -0.116. The number of thiazole rings is 1. The van der Waals surface area contributed by atoms with E-state index in [0.29, 0.717) is 22.7 Å². The summed E-state index contributed by atoms with van der Waals surface area (Å²) >= 11 is 1.36. The predicted molar refractivity (Wildman–Crippen MR) is 61.9 cm³/mol. The molecule has 4 heteroatoms. The van der Waals surface area contributed by atoms with E-state index in [0.717, 1.165) is 0 Å². The first kappa shape index (κ1) is 11.0. The molecule has 0 saturated heterocycles. The van der Waals surface area contributed by atoms with Gasteiger partial charge in [0.1, 0.15) is 16.6 Å². The van der Waals surface area contributed by atoms with Gasteiger partial charge in [0.05, 0.1) is 5.69 Å². The molecular formula is C12H10FNOS. The predicted octanol–water partition coefficient (Wildman–Crippen LogP) is 3.08. The average molecular weight is 235 g/mol. The number of ketones is 1. The fourth-order valence-corrected chi connectivity index (χ4v) is 2.25. The van der Waals surface area contributed by atoms with Crippen molar-refractivity contribution in [2.45, 2.75) is 13.3 Å². The fraction of sp³-hybridized carbons (Fsp3) is 0.167. The monoisotopic (exact) mass is 235 g/mol. The van der Waals surface area contributed by atoms with Crippen molar-refractivity contribution in [3.63, 3.8) is 0 Å². The molecule has 0 bridgehead atoms. The maximum atomic E-state index is 13.4. The summed E-state index contributed by atoms with van der Waals surface area (Å²) in [4.78, 5) is 15.2. The molecular weight excluding hydrogens is 225 g/mol. The van der Waals surface area contributed by atoms with Crippen LogP contribution in [0.5, 0.6) is 0 Å². The van der Waals surface area contributed by atoms with Crippen LogP contribution in [0.25, 0.3) is 10.6 Å². The number of benzene rings is 1. The van der Waals surface area contributed by atoms with E-state index in [2.05, 4.69) is 4.98 Å². The van der Waals surface area contributed by atoms with Crippen LogP contribution in [-0.4, -0.2) is 10.8 Å². The summed E-state index contributed by atoms with van der Waals surface area (Å²) in [6.07, 6.45) is 0.310. The van der Waals surface area contributed by atoms with Gasteiger partial charge in [0.25, 0.3) is 0 Å². The molecule has 0 fully saturated rings. The number of rotatable bonds is 3. The summed E-state index contributed by atoms with van der Waals surface area (Å²) < 4.78 is 13.4. The van der Waals surface area contributed by atoms with Gasteiger partial charge in [-0.2, -0.15) is 0 Å². The first-order chi connectivity index (χ1) is 7.66. The lowest BCUT2D eigenvalue weighted by Crippen LogP contribution is -1.96. The first-order valence-electron chi connectivity index (χ1n) is 4.85. The van der Waals surface area contributed by atoms with Gasteiger partial charge in [-0.05, 0) is 19.1 Å². The molecule has 0 spiro atoms. The Bertz CT molecular complexity index is 521. The standard InChI is InChI=1S/C12H10FNOS/c1-8(15)6-9-7-16-12(14-9)10-4-2-3-5-11(10)13/h2-5,7H,6H2,1H3. The topological polar surface area (TPSA) is 30.0 Å². The van der Waals surface area contributed by atoms with Gasteiger partial charge in [-0.25, -0.2) is 9.37 Å². The molecule has 0 atom stereocenters. The Morgan fingerprint density at radius 3 is 2.88 bits per heavy atom. The largest absolute Gasteiger partial charge is 0.300 e. The smallest absolute Gasteiger partial charge is 0.135 e. The van der Waals surface area contributed by atoms with E-state index in [4.69, 9.17) is 0 Å². The maximum Gasteiger partial charge on any atom is 0.135 e. The molecule has 2 rings (SSSR count). The summed E-state index contributed by atoms with van der Waals surface area (Å²) in [5.41, 5.74) is 1.19. The van der Waals surface area contributed by atoms with Crippen LogP contribution in [0.3, 0.4) is 0 Å². The van der Waals surface area contributed by atoms with Gasteiger partial charge in [0.15, 0.2) is 0 Å². The van der Waals surface area contributed by atoms with Gasteiger partial charge in [-0.15, -0.1) is 11.3 Å². The SMILES string of the molecule is CC(=O)Cc1csc(-c2ccccc2F)n1. The molecule has 0 unspecified atom stereocenters. The lowest BCUT2D eigenvalue weighted by Gasteiger charge is -1.97. The van der Waals surface area contributed by atoms with Crippen molar-refractivity contribution in [1.29, 1.82) is 0 Å². The third-order valence-electron chi connectivity index (χ3n) is 2.09. The van der Waals surface area contributed by atoms with Crippen LogP contribution < -0.4 is 0 Å². The molecule has 0 radical (unpaired) electrons. The number of halogens is 1. The molecule has 0 N–H and O–H groups in total. The molecule has 0 aliphatic carbocycles. The molecule has 2 nitrogen and oxygen atoms in total. The quantitative estimate of drug-likeness (QED) is 0.818. The minimum Gasteiger partial charge on any atom is -0.300 e. The molecule has 2 aromatic rings. The van der Waals surface area contributed by atoms with Crippen LogP contribution in [0.15, 0.2) is 29.6 Å². The summed E-state index contributed by atoms with van der Waals surface area (Å²) in [6.45, 7) is 1.52. The van der Waals surface area contributed by atoms with Crippen LogP contribution in [-0.2, 0) is 11.2 Å². The van der Waals surface area contributed by atoms with Crippen LogP contribution >= 0.6 is 11.3 Å². The number of hydrogen-bond donors (Lipinski definition) is 0. The Morgan fingerprint density at radius 2 is 2.19 bits per heavy atom. The summed E-state index contributed by atoms with van der Waals surface area (Å²) in [5.74, 6) is -0.225. The van der Waals surface area contributed by atoms with Crippen molar-refractivity contribution in [1.82, 2.24) is 4.98 Å². The fourth-order valence-electron chi connectivity index (χ4n) is 1.40. The number of carbonyl (C=O) groups is 1. The van der Waals surface area contributed by atoms with Gasteiger partial charge in [0.2, 0.25) is 0 Å². The highest BCUT2D eigenvalue weighted by atomic mass is 32.1. The molecule has 0 amide bonds. The van der Waals surface area contributed by atoms with Crippen molar-refractivity contribution in [3.8, 4) is 10.6 Å². The van der Waals surface area contributed by atoms with Crippen LogP contribution in [0.4, 0.5) is 4.39 Å². The third kappa shape index (κ3) is 2.33. The summed E-state index contributed by atoms with van der Waals surface area (Å²) in [7, 11) is 0. The van der Waals surface area contributed by atoms with E-state index in [1.807, 2.05) is 0 Å². The van der Waals surface area contributed by atoms with Crippen LogP contribution in [0.2, 0.25) is 0 Å². The zero-order valence-corrected chi connectivity index (χ0v) is 9.55. The van der Waals surface area contributed by atoms with E-state index in [-0.39, 0.29) is 11.6 Å². The molecule has 16 heavy (non-hydrogen) atoms. The van der Waals surface area contributed by atoms with Gasteiger partial charge in [-0.1, -0.05) is 12.1 Å². The van der Waals surface area contributed by atoms with Gasteiger partial charge >= 0.3 is 0 Å². The van der Waals surface area contributed by atoms with Gasteiger partial charge < -0.3 is 0 Å². The zero-order chi connectivity index (χ0) is 11.5. The third-order valence-corrected chi connectivity index (χ3v) is 3.01. The second kappa shape index (κ2) is 4.53. The Kier molecular flexibility index (Phi) is 3.10. The molecule has 82 valence electrons. The van der Waals surface area contributed by atoms with E-state index in [1.54, 1.807) is 23.6 Å². The minimum atomic E-state index is -0.286. The summed E-state index contributed by atoms with van der Waals surface area (Å²) in [5, 5.41) is 2.41. The molecule has 0 aliphatic heterocycles. The van der Waals surface area contributed by atoms with Crippen LogP contribution in [0.1, 0.15) is 12.6 Å². The van der Waals surface area contributed by atoms with E-state index >= 15 is 0 Å². The highest BCUT2D eigenvalue weighted by Crippen LogP contribution is 2.26. The molecule has 1 aromatic heterocycles. The van der Waals surface area contributed by atoms with Crippen molar-refractivity contribution in [2.24, 2.45) is 0 Å². The molecule has 0 saturated carbocycles. The van der Waals surface area contributed by atoms with E-state index < -0.39 is 0 Å². The number of hydrogen-bond acceptors (Lipinski definition) is 3. The number of Topliss-reactive ketones (excluding diaryl/α,β-unsaturated/α-hetero) is 1. The summed E-state index contributed by atoms with van der Waals surface area (Å²) in [6, 6.07) is 6.50. The van der Waals surface area contributed by atoms with E-state index in [1.165, 1.54) is 24.3 Å². The second-order valence-corrected chi connectivity index (χ2v) is 4.36. The Labute approximate surface area is 96.8 Å². The Hall–Kier alpha value is -1.55. The number of aromatic nitrogens is 1. The zero-order valence-electron chi connectivity index (χ0n) is 8.74. The average Bonchev–Trinajstić information content (AvgIpc) is 2.66. The second-order valence-electron chi connectivity index (χ2n) is 3.50. The number of nitrogens with zero attached hydrogens (tertiary/aromatic N) is 1. The van der Waals surface area contributed by atoms with Crippen molar-refractivity contribution < 1.29 is 9.18 Å². The van der Waals surface area contributed by atoms with Crippen molar-refractivity contribution in [3.05, 3.63) is 41.2 Å². The van der Waals surface area contributed by atoms with Crippen molar-refractivity contribution >= 4 is 17.1 Å². The Morgan fingerprint density at radius 1 is 1.44 bits per heavy atom. The lowest BCUT2D eigenvalue weighted by atomic mass is 10.2. The highest BCUT2D eigenvalue weighted by molar-refractivity contribution is 7.13. The highest BCUT2D eigenvalue weighted by Gasteiger charge is 2.09. The van der Waals surface area contributed by atoms with Gasteiger partial charge in [0, 0.05) is 17.4 Å². The normalized spacial score (nSPS) is 10.4. The molecule has 1 aromatic carbocycles. The van der Waals surface area contributed by atoms with Gasteiger partial charge in [-0.3, -0.25) is 4.79 Å². The van der Waals surface area contributed by atoms with Crippen molar-refractivity contribution in [2.75, 3.05) is 0 Å². The molecule has 0 aliphatic rings. The maximum absolute atomic E-state index is 13.4. The Balaban J connectivity index is 2.32. The number of carbonyl (C=O) groups excluding carboxylic acids is 1.